The minimum absolute atomic E-state index is 0.00491. The number of rotatable bonds is 3. The van der Waals surface area contributed by atoms with Gasteiger partial charge in [-0.2, -0.15) is 0 Å². The summed E-state index contributed by atoms with van der Waals surface area (Å²) in [5.74, 6) is -1.01. The monoisotopic (exact) mass is 211 g/mol. The van der Waals surface area contributed by atoms with Crippen LogP contribution in [0.3, 0.4) is 0 Å². The summed E-state index contributed by atoms with van der Waals surface area (Å²) < 4.78 is 5.06. The van der Waals surface area contributed by atoms with E-state index in [1.54, 1.807) is 0 Å². The number of likely N-dealkylation sites (tertiary alicyclic amines) is 1. The number of hydrogen-bond acceptors (Lipinski definition) is 4. The molecule has 0 radical (unpaired) electrons. The summed E-state index contributed by atoms with van der Waals surface area (Å²) in [5.41, 5.74) is 0. The Bertz CT molecular complexity index is 293. The third-order valence-corrected chi connectivity index (χ3v) is 2.79. The minimum Gasteiger partial charge on any atom is -0.461 e. The smallest absolute Gasteiger partial charge is 0.326 e. The van der Waals surface area contributed by atoms with E-state index in [4.69, 9.17) is 4.74 Å². The molecule has 0 aromatic carbocycles. The molecule has 5 heteroatoms. The molecule has 82 valence electrons. The Morgan fingerprint density at radius 2 is 1.87 bits per heavy atom. The first kappa shape index (κ1) is 10.1. The van der Waals surface area contributed by atoms with Crippen LogP contribution in [0.4, 0.5) is 0 Å². The van der Waals surface area contributed by atoms with Crippen LogP contribution in [0.5, 0.6) is 0 Å². The van der Waals surface area contributed by atoms with Crippen molar-refractivity contribution in [3.05, 3.63) is 0 Å². The lowest BCUT2D eigenvalue weighted by atomic mass is 9.96. The Balaban J connectivity index is 1.82. The van der Waals surface area contributed by atoms with Crippen LogP contribution in [-0.2, 0) is 19.1 Å². The fourth-order valence-electron chi connectivity index (χ4n) is 1.64. The van der Waals surface area contributed by atoms with Gasteiger partial charge in [-0.25, -0.2) is 0 Å². The van der Waals surface area contributed by atoms with Crippen molar-refractivity contribution < 1.29 is 19.1 Å². The van der Waals surface area contributed by atoms with Crippen LogP contribution in [0.2, 0.25) is 0 Å². The second kappa shape index (κ2) is 4.00. The van der Waals surface area contributed by atoms with E-state index in [1.807, 2.05) is 0 Å². The van der Waals surface area contributed by atoms with Crippen LogP contribution in [0.25, 0.3) is 0 Å². The van der Waals surface area contributed by atoms with Crippen LogP contribution in [0.15, 0.2) is 0 Å². The Morgan fingerprint density at radius 1 is 1.27 bits per heavy atom. The molecule has 1 saturated carbocycles. The lowest BCUT2D eigenvalue weighted by molar-refractivity contribution is -0.159. The highest BCUT2D eigenvalue weighted by molar-refractivity contribution is 6.04. The lowest BCUT2D eigenvalue weighted by Crippen LogP contribution is -2.37. The summed E-state index contributed by atoms with van der Waals surface area (Å²) in [4.78, 5) is 34.7. The number of hydrogen-bond donors (Lipinski definition) is 0. The van der Waals surface area contributed by atoms with Crippen molar-refractivity contribution in [3.63, 3.8) is 0 Å². The molecule has 2 fully saturated rings. The number of esters is 1. The summed E-state index contributed by atoms with van der Waals surface area (Å²) in [6.07, 6.45) is 3.32. The third-order valence-electron chi connectivity index (χ3n) is 2.79. The number of amides is 2. The van der Waals surface area contributed by atoms with Crippen LogP contribution >= 0.6 is 0 Å². The number of nitrogens with zero attached hydrogens (tertiary/aromatic N) is 1. The van der Waals surface area contributed by atoms with Crippen LogP contribution in [0.1, 0.15) is 32.1 Å². The van der Waals surface area contributed by atoms with Gasteiger partial charge < -0.3 is 4.74 Å². The van der Waals surface area contributed by atoms with Crippen molar-refractivity contribution in [3.8, 4) is 0 Å². The maximum atomic E-state index is 11.3. The van der Waals surface area contributed by atoms with Gasteiger partial charge >= 0.3 is 5.97 Å². The average molecular weight is 211 g/mol. The van der Waals surface area contributed by atoms with Crippen LogP contribution in [0, 0.1) is 0 Å². The van der Waals surface area contributed by atoms with Gasteiger partial charge in [0.25, 0.3) is 0 Å². The summed E-state index contributed by atoms with van der Waals surface area (Å²) in [5, 5.41) is 0. The topological polar surface area (TPSA) is 63.7 Å². The number of ether oxygens (including phenoxy) is 1. The predicted molar refractivity (Wildman–Crippen MR) is 49.7 cm³/mol. The molecule has 0 unspecified atom stereocenters. The van der Waals surface area contributed by atoms with E-state index < -0.39 is 5.97 Å². The molecule has 0 aromatic heterocycles. The third kappa shape index (κ3) is 2.16. The molecule has 2 aliphatic rings. The zero-order valence-corrected chi connectivity index (χ0v) is 8.40. The van der Waals surface area contributed by atoms with Gasteiger partial charge in [0.15, 0.2) is 0 Å². The largest absolute Gasteiger partial charge is 0.461 e. The van der Waals surface area contributed by atoms with E-state index in [9.17, 15) is 14.4 Å². The number of carbonyl (C=O) groups is 3. The molecule has 1 heterocycles. The van der Waals surface area contributed by atoms with Gasteiger partial charge in [0.2, 0.25) is 11.8 Å². The Hall–Kier alpha value is -1.39. The highest BCUT2D eigenvalue weighted by Crippen LogP contribution is 2.22. The molecule has 0 N–H and O–H groups in total. The van der Waals surface area contributed by atoms with Crippen molar-refractivity contribution in [2.75, 3.05) is 6.54 Å². The van der Waals surface area contributed by atoms with E-state index in [-0.39, 0.29) is 37.3 Å². The van der Waals surface area contributed by atoms with Crippen LogP contribution < -0.4 is 0 Å². The van der Waals surface area contributed by atoms with Crippen molar-refractivity contribution >= 4 is 17.8 Å². The molecule has 0 atom stereocenters. The molecule has 0 spiro atoms. The molecule has 5 nitrogen and oxygen atoms in total. The molecule has 0 bridgehead atoms. The molecular weight excluding hydrogens is 198 g/mol. The SMILES string of the molecule is O=C(CN1C(=O)CCC1=O)OC1CCC1. The van der Waals surface area contributed by atoms with Gasteiger partial charge in [-0.05, 0) is 19.3 Å². The first-order chi connectivity index (χ1) is 7.16. The average Bonchev–Trinajstić information content (AvgIpc) is 2.43. The first-order valence-electron chi connectivity index (χ1n) is 5.19. The first-order valence-corrected chi connectivity index (χ1v) is 5.19. The Labute approximate surface area is 87.4 Å². The summed E-state index contributed by atoms with van der Waals surface area (Å²) >= 11 is 0. The zero-order valence-electron chi connectivity index (χ0n) is 8.40. The molecular formula is C10H13NO4. The van der Waals surface area contributed by atoms with Crippen molar-refractivity contribution in [1.82, 2.24) is 4.90 Å². The second-order valence-corrected chi connectivity index (χ2v) is 3.92. The lowest BCUT2D eigenvalue weighted by Gasteiger charge is -2.25. The fraction of sp³-hybridized carbons (Fsp3) is 0.700. The van der Waals surface area contributed by atoms with Gasteiger partial charge in [-0.3, -0.25) is 19.3 Å². The molecule has 15 heavy (non-hydrogen) atoms. The summed E-state index contributed by atoms with van der Waals surface area (Å²) in [7, 11) is 0. The second-order valence-electron chi connectivity index (χ2n) is 3.92. The molecule has 1 saturated heterocycles. The highest BCUT2D eigenvalue weighted by atomic mass is 16.5. The van der Waals surface area contributed by atoms with E-state index in [0.717, 1.165) is 24.2 Å². The molecule has 2 amide bonds. The Morgan fingerprint density at radius 3 is 2.33 bits per heavy atom. The van der Waals surface area contributed by atoms with Gasteiger partial charge in [0.1, 0.15) is 12.6 Å². The maximum absolute atomic E-state index is 11.3. The molecule has 0 aromatic rings. The van der Waals surface area contributed by atoms with Crippen LogP contribution in [-0.4, -0.2) is 35.3 Å². The van der Waals surface area contributed by atoms with E-state index >= 15 is 0 Å². The zero-order chi connectivity index (χ0) is 10.8. The minimum atomic E-state index is -0.469. The van der Waals surface area contributed by atoms with E-state index in [2.05, 4.69) is 0 Å². The fourth-order valence-corrected chi connectivity index (χ4v) is 1.64. The molecule has 2 rings (SSSR count). The highest BCUT2D eigenvalue weighted by Gasteiger charge is 2.32. The number of imide groups is 1. The normalized spacial score (nSPS) is 21.7. The molecule has 1 aliphatic carbocycles. The van der Waals surface area contributed by atoms with Gasteiger partial charge in [-0.15, -0.1) is 0 Å². The van der Waals surface area contributed by atoms with Gasteiger partial charge in [0.05, 0.1) is 0 Å². The standard InChI is InChI=1S/C10H13NO4/c12-8-4-5-9(13)11(8)6-10(14)15-7-2-1-3-7/h7H,1-6H2. The molecule has 1 aliphatic heterocycles. The Kier molecular flexibility index (Phi) is 2.70. The van der Waals surface area contributed by atoms with Crippen molar-refractivity contribution in [2.45, 2.75) is 38.2 Å². The summed E-state index contributed by atoms with van der Waals surface area (Å²) in [6, 6.07) is 0. The quantitative estimate of drug-likeness (QED) is 0.495. The van der Waals surface area contributed by atoms with E-state index in [0.29, 0.717) is 0 Å². The van der Waals surface area contributed by atoms with Gasteiger partial charge in [0, 0.05) is 12.8 Å². The predicted octanol–water partition coefficient (Wildman–Crippen LogP) is 0.231. The van der Waals surface area contributed by atoms with E-state index in [1.165, 1.54) is 0 Å². The maximum Gasteiger partial charge on any atom is 0.326 e. The number of carbonyl (C=O) groups excluding carboxylic acids is 3. The van der Waals surface area contributed by atoms with Gasteiger partial charge in [-0.1, -0.05) is 0 Å². The van der Waals surface area contributed by atoms with Crippen molar-refractivity contribution in [2.24, 2.45) is 0 Å². The van der Waals surface area contributed by atoms with Crippen molar-refractivity contribution in [1.29, 1.82) is 0 Å². The summed E-state index contributed by atoms with van der Waals surface area (Å²) in [6.45, 7) is -0.214.